The molecule has 0 aromatic heterocycles. The van der Waals surface area contributed by atoms with Gasteiger partial charge in [-0.3, -0.25) is 0 Å². The fourth-order valence-electron chi connectivity index (χ4n) is 4.59. The molecule has 4 aliphatic carbocycles. The zero-order chi connectivity index (χ0) is 15.7. The summed E-state index contributed by atoms with van der Waals surface area (Å²) in [5.74, 6) is 4.78. The molecular formula is C22H30Y-2. The van der Waals surface area contributed by atoms with Crippen molar-refractivity contribution in [3.63, 3.8) is 0 Å². The van der Waals surface area contributed by atoms with Crippen molar-refractivity contribution in [1.29, 1.82) is 0 Å². The number of fused-ring (bicyclic) bond motifs is 2. The molecule has 2 fully saturated rings. The first-order valence-corrected chi connectivity index (χ1v) is 8.94. The molecule has 0 aliphatic heterocycles. The molecule has 6 atom stereocenters. The van der Waals surface area contributed by atoms with Gasteiger partial charge in [0.25, 0.3) is 0 Å². The Morgan fingerprint density at radius 1 is 0.783 bits per heavy atom. The van der Waals surface area contributed by atoms with Crippen LogP contribution in [0.1, 0.15) is 40.5 Å². The Labute approximate surface area is 168 Å². The standard InChI is InChI=1S/2C11H15.Y/c2*1-8-6-10-5-3-4-9(2)11(10)7-8;/h2*3-6,8,10-11H,7H2,1-2H3;/q2*-1;. The second kappa shape index (κ2) is 8.44. The van der Waals surface area contributed by atoms with Crippen LogP contribution in [0.25, 0.3) is 0 Å². The van der Waals surface area contributed by atoms with Crippen molar-refractivity contribution in [3.8, 4) is 0 Å². The van der Waals surface area contributed by atoms with Crippen LogP contribution in [0.4, 0.5) is 0 Å². The molecule has 0 aromatic carbocycles. The first kappa shape index (κ1) is 19.4. The average Bonchev–Trinajstić information content (AvgIpc) is 3.03. The minimum Gasteiger partial charge on any atom is -0.318 e. The third-order valence-electron chi connectivity index (χ3n) is 5.84. The van der Waals surface area contributed by atoms with E-state index in [1.165, 1.54) is 12.8 Å². The summed E-state index contributed by atoms with van der Waals surface area (Å²) in [7, 11) is 0. The molecular weight excluding hydrogens is 353 g/mol. The average molecular weight is 383 g/mol. The van der Waals surface area contributed by atoms with Crippen molar-refractivity contribution in [1.82, 2.24) is 0 Å². The summed E-state index contributed by atoms with van der Waals surface area (Å²) in [6, 6.07) is 0. The van der Waals surface area contributed by atoms with Crippen molar-refractivity contribution < 1.29 is 32.7 Å². The second-order valence-electron chi connectivity index (χ2n) is 7.77. The van der Waals surface area contributed by atoms with E-state index in [4.69, 9.17) is 0 Å². The van der Waals surface area contributed by atoms with E-state index in [9.17, 15) is 0 Å². The molecule has 6 unspecified atom stereocenters. The maximum absolute atomic E-state index is 2.48. The van der Waals surface area contributed by atoms with Gasteiger partial charge in [-0.25, -0.2) is 0 Å². The normalized spacial score (nSPS) is 40.2. The summed E-state index contributed by atoms with van der Waals surface area (Å²) in [5.41, 5.74) is 3.14. The van der Waals surface area contributed by atoms with Crippen molar-refractivity contribution in [2.75, 3.05) is 0 Å². The van der Waals surface area contributed by atoms with Gasteiger partial charge in [-0.05, 0) is 25.7 Å². The molecule has 0 spiro atoms. The topological polar surface area (TPSA) is 0 Å². The zero-order valence-corrected chi connectivity index (χ0v) is 17.9. The first-order chi connectivity index (χ1) is 10.5. The van der Waals surface area contributed by atoms with Crippen LogP contribution in [0.15, 0.2) is 47.6 Å². The van der Waals surface area contributed by atoms with Crippen LogP contribution < -0.4 is 0 Å². The Hall–Kier alpha value is 0.0639. The number of rotatable bonds is 0. The maximum Gasteiger partial charge on any atom is 0 e. The van der Waals surface area contributed by atoms with Gasteiger partial charge in [-0.1, -0.05) is 62.1 Å². The van der Waals surface area contributed by atoms with Crippen LogP contribution in [-0.2, 0) is 32.7 Å². The molecule has 0 nitrogen and oxygen atoms in total. The zero-order valence-electron chi connectivity index (χ0n) is 15.1. The molecule has 0 bridgehead atoms. The molecule has 4 rings (SSSR count). The molecule has 0 saturated heterocycles. The second-order valence-corrected chi connectivity index (χ2v) is 7.77. The molecule has 0 aromatic rings. The van der Waals surface area contributed by atoms with Crippen molar-refractivity contribution >= 4 is 0 Å². The van der Waals surface area contributed by atoms with Gasteiger partial charge in [-0.15, -0.1) is 24.0 Å². The van der Waals surface area contributed by atoms with Gasteiger partial charge < -0.3 is 12.8 Å². The fraction of sp³-hybridized carbons (Fsp3) is 0.545. The van der Waals surface area contributed by atoms with E-state index in [0.717, 1.165) is 35.5 Å². The van der Waals surface area contributed by atoms with Crippen LogP contribution in [0.5, 0.6) is 0 Å². The van der Waals surface area contributed by atoms with Gasteiger partial charge in [-0.2, -0.15) is 11.8 Å². The summed E-state index contributed by atoms with van der Waals surface area (Å²) in [4.78, 5) is 0. The Bertz CT molecular complexity index is 474. The van der Waals surface area contributed by atoms with E-state index >= 15 is 0 Å². The van der Waals surface area contributed by atoms with Gasteiger partial charge in [0.2, 0.25) is 0 Å². The maximum atomic E-state index is 2.48. The summed E-state index contributed by atoms with van der Waals surface area (Å²) >= 11 is 0. The molecule has 4 aliphatic rings. The molecule has 123 valence electrons. The van der Waals surface area contributed by atoms with Gasteiger partial charge in [0.15, 0.2) is 0 Å². The van der Waals surface area contributed by atoms with E-state index in [1.54, 1.807) is 11.1 Å². The molecule has 0 N–H and O–H groups in total. The number of allylic oxidation sites excluding steroid dienone is 8. The quantitative estimate of drug-likeness (QED) is 0.453. The SMILES string of the molecule is CC1=CC=CC2[CH-]C(C)CC12.CC1=CC=CC2[CH-]C(C)CC12.[Y]. The van der Waals surface area contributed by atoms with Crippen LogP contribution >= 0.6 is 0 Å². The van der Waals surface area contributed by atoms with E-state index in [1.807, 2.05) is 0 Å². The van der Waals surface area contributed by atoms with E-state index in [0.29, 0.717) is 0 Å². The Morgan fingerprint density at radius 2 is 1.17 bits per heavy atom. The Balaban J connectivity index is 0.000000160. The van der Waals surface area contributed by atoms with E-state index < -0.39 is 0 Å². The molecule has 0 amide bonds. The van der Waals surface area contributed by atoms with Crippen LogP contribution in [0.2, 0.25) is 0 Å². The van der Waals surface area contributed by atoms with Gasteiger partial charge in [0.1, 0.15) is 0 Å². The van der Waals surface area contributed by atoms with E-state index in [-0.39, 0.29) is 32.7 Å². The van der Waals surface area contributed by atoms with Crippen LogP contribution in [0.3, 0.4) is 0 Å². The van der Waals surface area contributed by atoms with Gasteiger partial charge >= 0.3 is 0 Å². The molecule has 2 saturated carbocycles. The van der Waals surface area contributed by atoms with Gasteiger partial charge in [0, 0.05) is 32.7 Å². The first-order valence-electron chi connectivity index (χ1n) is 8.94. The summed E-state index contributed by atoms with van der Waals surface area (Å²) in [5, 5.41) is 0. The van der Waals surface area contributed by atoms with Crippen molar-refractivity contribution in [2.24, 2.45) is 35.5 Å². The Kier molecular flexibility index (Phi) is 7.11. The fourth-order valence-corrected chi connectivity index (χ4v) is 4.59. The third-order valence-corrected chi connectivity index (χ3v) is 5.84. The Morgan fingerprint density at radius 3 is 1.52 bits per heavy atom. The monoisotopic (exact) mass is 383 g/mol. The molecule has 1 heteroatoms. The predicted octanol–water partition coefficient (Wildman–Crippen LogP) is 5.96. The van der Waals surface area contributed by atoms with E-state index in [2.05, 4.69) is 77.0 Å². The summed E-state index contributed by atoms with van der Waals surface area (Å²) in [6.07, 6.45) is 21.3. The third kappa shape index (κ3) is 4.57. The van der Waals surface area contributed by atoms with Crippen molar-refractivity contribution in [2.45, 2.75) is 40.5 Å². The summed E-state index contributed by atoms with van der Waals surface area (Å²) in [6.45, 7) is 9.15. The van der Waals surface area contributed by atoms with Crippen LogP contribution in [-0.4, -0.2) is 0 Å². The van der Waals surface area contributed by atoms with Crippen molar-refractivity contribution in [3.05, 3.63) is 60.4 Å². The largest absolute Gasteiger partial charge is 0.318 e. The minimum atomic E-state index is 0. The number of hydrogen-bond acceptors (Lipinski definition) is 0. The molecule has 0 heterocycles. The van der Waals surface area contributed by atoms with Crippen LogP contribution in [0, 0.1) is 48.3 Å². The molecule has 23 heavy (non-hydrogen) atoms. The van der Waals surface area contributed by atoms with Gasteiger partial charge in [0.05, 0.1) is 0 Å². The smallest absolute Gasteiger partial charge is 0 e. The predicted molar refractivity (Wildman–Crippen MR) is 95.9 cm³/mol. The minimum absolute atomic E-state index is 0. The summed E-state index contributed by atoms with van der Waals surface area (Å²) < 4.78 is 0. The number of hydrogen-bond donors (Lipinski definition) is 0. The molecule has 1 radical (unpaired) electrons.